The molecule has 4 rings (SSSR count). The Hall–Kier alpha value is -2.82. The van der Waals surface area contributed by atoms with E-state index < -0.39 is 0 Å². The Morgan fingerprint density at radius 1 is 1.14 bits per heavy atom. The molecule has 3 heterocycles. The maximum atomic E-state index is 12.3. The van der Waals surface area contributed by atoms with Crippen LogP contribution >= 0.6 is 0 Å². The molecular formula is C17H15N3O2. The van der Waals surface area contributed by atoms with Gasteiger partial charge < -0.3 is 13.9 Å². The first-order chi connectivity index (χ1) is 10.8. The maximum absolute atomic E-state index is 12.3. The normalized spacial score (nSPS) is 18.1. The first-order valence-electron chi connectivity index (χ1n) is 7.25. The smallest absolute Gasteiger partial charge is 0.229 e. The average molecular weight is 293 g/mol. The molecule has 1 saturated heterocycles. The summed E-state index contributed by atoms with van der Waals surface area (Å²) in [5.74, 6) is 1.61. The van der Waals surface area contributed by atoms with Crippen LogP contribution in [0.2, 0.25) is 0 Å². The molecule has 1 aliphatic rings. The lowest BCUT2D eigenvalue weighted by Gasteiger charge is -2.17. The van der Waals surface area contributed by atoms with Crippen molar-refractivity contribution in [3.05, 3.63) is 61.1 Å². The van der Waals surface area contributed by atoms with Crippen LogP contribution in [0.1, 0.15) is 12.5 Å². The van der Waals surface area contributed by atoms with Crippen molar-refractivity contribution in [2.45, 2.75) is 12.5 Å². The van der Waals surface area contributed by atoms with E-state index in [0.29, 0.717) is 13.0 Å². The number of nitrogens with zero attached hydrogens (tertiary/aromatic N) is 3. The molecule has 1 fully saturated rings. The zero-order valence-corrected chi connectivity index (χ0v) is 11.9. The SMILES string of the molecule is O=C1CC(n2ccnc2-c2ccco2)CN1c1ccccc1. The first-order valence-corrected chi connectivity index (χ1v) is 7.25. The Labute approximate surface area is 127 Å². The molecule has 0 radical (unpaired) electrons. The quantitative estimate of drug-likeness (QED) is 0.745. The molecule has 110 valence electrons. The number of amides is 1. The Bertz CT molecular complexity index is 777. The van der Waals surface area contributed by atoms with Crippen LogP contribution in [0.15, 0.2) is 65.5 Å². The number of carbonyl (C=O) groups excluding carboxylic acids is 1. The van der Waals surface area contributed by atoms with Gasteiger partial charge in [-0.3, -0.25) is 4.79 Å². The lowest BCUT2D eigenvalue weighted by atomic mass is 10.2. The Kier molecular flexibility index (Phi) is 3.04. The molecule has 1 atom stereocenters. The van der Waals surface area contributed by atoms with Crippen molar-refractivity contribution in [1.29, 1.82) is 0 Å². The van der Waals surface area contributed by atoms with Crippen molar-refractivity contribution in [2.75, 3.05) is 11.4 Å². The molecule has 3 aromatic rings. The summed E-state index contributed by atoms with van der Waals surface area (Å²) in [6.45, 7) is 0.646. The van der Waals surface area contributed by atoms with Crippen molar-refractivity contribution in [2.24, 2.45) is 0 Å². The molecule has 5 nitrogen and oxygen atoms in total. The van der Waals surface area contributed by atoms with Crippen LogP contribution in [0.3, 0.4) is 0 Å². The van der Waals surface area contributed by atoms with Crippen molar-refractivity contribution in [3.8, 4) is 11.6 Å². The molecule has 1 aromatic carbocycles. The van der Waals surface area contributed by atoms with Gasteiger partial charge in [-0.2, -0.15) is 0 Å². The fraction of sp³-hybridized carbons (Fsp3) is 0.176. The number of hydrogen-bond donors (Lipinski definition) is 0. The lowest BCUT2D eigenvalue weighted by Crippen LogP contribution is -2.24. The van der Waals surface area contributed by atoms with Gasteiger partial charge in [0, 0.05) is 31.0 Å². The Morgan fingerprint density at radius 2 is 2.00 bits per heavy atom. The Balaban J connectivity index is 1.64. The van der Waals surface area contributed by atoms with Crippen molar-refractivity contribution >= 4 is 11.6 Å². The molecule has 2 aromatic heterocycles. The lowest BCUT2D eigenvalue weighted by molar-refractivity contribution is -0.117. The van der Waals surface area contributed by atoms with Crippen LogP contribution in [0.25, 0.3) is 11.6 Å². The van der Waals surface area contributed by atoms with Gasteiger partial charge in [0.25, 0.3) is 0 Å². The highest BCUT2D eigenvalue weighted by molar-refractivity contribution is 5.96. The van der Waals surface area contributed by atoms with Gasteiger partial charge in [0.2, 0.25) is 5.91 Å². The number of imidazole rings is 1. The van der Waals surface area contributed by atoms with Crippen LogP contribution in [-0.2, 0) is 4.79 Å². The van der Waals surface area contributed by atoms with Gasteiger partial charge in [-0.1, -0.05) is 18.2 Å². The van der Waals surface area contributed by atoms with E-state index in [0.717, 1.165) is 17.3 Å². The van der Waals surface area contributed by atoms with Crippen molar-refractivity contribution < 1.29 is 9.21 Å². The summed E-state index contributed by atoms with van der Waals surface area (Å²) in [5, 5.41) is 0. The predicted octanol–water partition coefficient (Wildman–Crippen LogP) is 3.12. The highest BCUT2D eigenvalue weighted by Gasteiger charge is 2.33. The summed E-state index contributed by atoms with van der Waals surface area (Å²) in [7, 11) is 0. The fourth-order valence-corrected chi connectivity index (χ4v) is 2.94. The minimum atomic E-state index is 0.0651. The summed E-state index contributed by atoms with van der Waals surface area (Å²) in [6.07, 6.45) is 5.75. The average Bonchev–Trinajstić information content (AvgIpc) is 3.27. The third kappa shape index (κ3) is 2.11. The molecule has 0 saturated carbocycles. The highest BCUT2D eigenvalue weighted by atomic mass is 16.3. The summed E-state index contributed by atoms with van der Waals surface area (Å²) in [5.41, 5.74) is 0.940. The molecule has 1 amide bonds. The van der Waals surface area contributed by atoms with Crippen molar-refractivity contribution in [3.63, 3.8) is 0 Å². The number of rotatable bonds is 3. The molecule has 0 aliphatic carbocycles. The number of para-hydroxylation sites is 1. The van der Waals surface area contributed by atoms with Gasteiger partial charge in [0.05, 0.1) is 12.3 Å². The number of benzene rings is 1. The number of anilines is 1. The van der Waals surface area contributed by atoms with Gasteiger partial charge >= 0.3 is 0 Å². The van der Waals surface area contributed by atoms with Gasteiger partial charge in [-0.05, 0) is 24.3 Å². The number of hydrogen-bond acceptors (Lipinski definition) is 3. The second-order valence-electron chi connectivity index (χ2n) is 5.33. The second kappa shape index (κ2) is 5.18. The summed E-state index contributed by atoms with van der Waals surface area (Å²) in [6, 6.07) is 13.5. The van der Waals surface area contributed by atoms with E-state index in [-0.39, 0.29) is 11.9 Å². The molecule has 0 spiro atoms. The van der Waals surface area contributed by atoms with E-state index in [9.17, 15) is 4.79 Å². The topological polar surface area (TPSA) is 51.3 Å². The molecule has 5 heteroatoms. The highest BCUT2D eigenvalue weighted by Crippen LogP contribution is 2.31. The van der Waals surface area contributed by atoms with E-state index in [4.69, 9.17) is 4.42 Å². The molecule has 1 unspecified atom stereocenters. The maximum Gasteiger partial charge on any atom is 0.229 e. The number of carbonyl (C=O) groups is 1. The monoisotopic (exact) mass is 293 g/mol. The van der Waals surface area contributed by atoms with Gasteiger partial charge in [0.1, 0.15) is 0 Å². The second-order valence-corrected chi connectivity index (χ2v) is 5.33. The zero-order valence-electron chi connectivity index (χ0n) is 11.9. The largest absolute Gasteiger partial charge is 0.461 e. The minimum absolute atomic E-state index is 0.0651. The van der Waals surface area contributed by atoms with E-state index in [1.165, 1.54) is 0 Å². The van der Waals surface area contributed by atoms with Crippen molar-refractivity contribution in [1.82, 2.24) is 9.55 Å². The zero-order chi connectivity index (χ0) is 14.9. The summed E-state index contributed by atoms with van der Waals surface area (Å²) in [4.78, 5) is 18.5. The van der Waals surface area contributed by atoms with Crippen LogP contribution < -0.4 is 4.90 Å². The Morgan fingerprint density at radius 3 is 2.77 bits per heavy atom. The van der Waals surface area contributed by atoms with E-state index in [2.05, 4.69) is 4.98 Å². The predicted molar refractivity (Wildman–Crippen MR) is 82.4 cm³/mol. The van der Waals surface area contributed by atoms with Crippen LogP contribution in [0.5, 0.6) is 0 Å². The number of furan rings is 1. The molecule has 0 bridgehead atoms. The van der Waals surface area contributed by atoms with Crippen LogP contribution in [-0.4, -0.2) is 22.0 Å². The van der Waals surface area contributed by atoms with E-state index in [1.807, 2.05) is 58.1 Å². The third-order valence-corrected chi connectivity index (χ3v) is 3.98. The minimum Gasteiger partial charge on any atom is -0.461 e. The van der Waals surface area contributed by atoms with Gasteiger partial charge in [-0.25, -0.2) is 4.98 Å². The molecular weight excluding hydrogens is 278 g/mol. The van der Waals surface area contributed by atoms with Gasteiger partial charge in [-0.15, -0.1) is 0 Å². The van der Waals surface area contributed by atoms with Crippen LogP contribution in [0.4, 0.5) is 5.69 Å². The first kappa shape index (κ1) is 12.9. The fourth-order valence-electron chi connectivity index (χ4n) is 2.94. The van der Waals surface area contributed by atoms with Gasteiger partial charge in [0.15, 0.2) is 11.6 Å². The third-order valence-electron chi connectivity index (χ3n) is 3.98. The molecule has 1 aliphatic heterocycles. The standard InChI is InChI=1S/C17H15N3O2/c21-16-11-14(12-20(16)13-5-2-1-3-6-13)19-9-8-18-17(19)15-7-4-10-22-15/h1-10,14H,11-12H2. The molecule has 0 N–H and O–H groups in total. The summed E-state index contributed by atoms with van der Waals surface area (Å²) < 4.78 is 7.46. The van der Waals surface area contributed by atoms with Crippen LogP contribution in [0, 0.1) is 0 Å². The van der Waals surface area contributed by atoms with E-state index in [1.54, 1.807) is 12.5 Å². The summed E-state index contributed by atoms with van der Waals surface area (Å²) >= 11 is 0. The molecule has 22 heavy (non-hydrogen) atoms. The van der Waals surface area contributed by atoms with E-state index >= 15 is 0 Å². The number of aromatic nitrogens is 2.